The van der Waals surface area contributed by atoms with E-state index in [9.17, 15) is 0 Å². The zero-order chi connectivity index (χ0) is 19.8. The Morgan fingerprint density at radius 2 is 1.64 bits per heavy atom. The lowest BCUT2D eigenvalue weighted by Crippen LogP contribution is -2.03. The Hall–Kier alpha value is -3.25. The number of ether oxygens (including phenoxy) is 2. The maximum Gasteiger partial charge on any atom is 0.165 e. The topological polar surface area (TPSA) is 74.7 Å². The van der Waals surface area contributed by atoms with Crippen molar-refractivity contribution in [3.05, 3.63) is 59.4 Å². The molecule has 0 spiro atoms. The van der Waals surface area contributed by atoms with E-state index in [1.165, 1.54) is 0 Å². The van der Waals surface area contributed by atoms with Crippen LogP contribution < -0.4 is 15.2 Å². The molecule has 0 unspecified atom stereocenters. The molecule has 142 valence electrons. The highest BCUT2D eigenvalue weighted by molar-refractivity contribution is 6.30. The van der Waals surface area contributed by atoms with Gasteiger partial charge in [0.25, 0.3) is 0 Å². The smallest absolute Gasteiger partial charge is 0.165 e. The summed E-state index contributed by atoms with van der Waals surface area (Å²) in [6.45, 7) is 1.93. The number of aromatic nitrogens is 3. The van der Waals surface area contributed by atoms with E-state index in [1.54, 1.807) is 24.9 Å². The fourth-order valence-corrected chi connectivity index (χ4v) is 3.42. The Labute approximate surface area is 167 Å². The number of fused-ring (bicyclic) bond motifs is 1. The molecule has 0 radical (unpaired) electrons. The van der Waals surface area contributed by atoms with Gasteiger partial charge in [0.1, 0.15) is 5.82 Å². The molecule has 0 amide bonds. The molecule has 6 nitrogen and oxygen atoms in total. The van der Waals surface area contributed by atoms with E-state index in [1.807, 2.05) is 49.4 Å². The molecule has 7 heteroatoms. The number of hydrogen-bond donors (Lipinski definition) is 1. The van der Waals surface area contributed by atoms with Crippen LogP contribution in [-0.2, 0) is 0 Å². The number of aryl methyl sites for hydroxylation is 1. The standard InChI is InChI=1S/C21H19ClN4O2/c1-12-19(14-6-9-17(27-2)18(10-14)28-3)21-24-11-16(20(23)26(21)25-12)13-4-7-15(22)8-5-13/h4-11H,23H2,1-3H3. The van der Waals surface area contributed by atoms with Gasteiger partial charge in [-0.25, -0.2) is 4.98 Å². The molecule has 28 heavy (non-hydrogen) atoms. The van der Waals surface area contributed by atoms with Crippen LogP contribution in [0.2, 0.25) is 5.02 Å². The highest BCUT2D eigenvalue weighted by Crippen LogP contribution is 2.36. The molecule has 4 aromatic rings. The molecule has 2 aromatic carbocycles. The number of nitrogens with zero attached hydrogens (tertiary/aromatic N) is 3. The predicted molar refractivity (Wildman–Crippen MR) is 111 cm³/mol. The van der Waals surface area contributed by atoms with Crippen LogP contribution in [0.5, 0.6) is 11.5 Å². The van der Waals surface area contributed by atoms with Crippen LogP contribution in [0.4, 0.5) is 5.82 Å². The number of methoxy groups -OCH3 is 2. The summed E-state index contributed by atoms with van der Waals surface area (Å²) in [5.41, 5.74) is 11.5. The van der Waals surface area contributed by atoms with Crippen LogP contribution >= 0.6 is 11.6 Å². The summed E-state index contributed by atoms with van der Waals surface area (Å²) >= 11 is 5.99. The summed E-state index contributed by atoms with van der Waals surface area (Å²) in [4.78, 5) is 4.65. The molecular formula is C21H19ClN4O2. The van der Waals surface area contributed by atoms with Crippen molar-refractivity contribution in [2.24, 2.45) is 0 Å². The Morgan fingerprint density at radius 3 is 2.32 bits per heavy atom. The fraction of sp³-hybridized carbons (Fsp3) is 0.143. The van der Waals surface area contributed by atoms with Gasteiger partial charge in [-0.15, -0.1) is 0 Å². The van der Waals surface area contributed by atoms with Gasteiger partial charge in [0.15, 0.2) is 17.1 Å². The number of nitrogens with two attached hydrogens (primary N) is 1. The molecule has 4 rings (SSSR count). The third-order valence-corrected chi connectivity index (χ3v) is 4.94. The van der Waals surface area contributed by atoms with Crippen molar-refractivity contribution in [2.75, 3.05) is 20.0 Å². The van der Waals surface area contributed by atoms with Crippen molar-refractivity contribution in [3.63, 3.8) is 0 Å². The summed E-state index contributed by atoms with van der Waals surface area (Å²) in [6, 6.07) is 13.2. The van der Waals surface area contributed by atoms with Crippen LogP contribution in [0.3, 0.4) is 0 Å². The van der Waals surface area contributed by atoms with Crippen LogP contribution in [0.1, 0.15) is 5.69 Å². The summed E-state index contributed by atoms with van der Waals surface area (Å²) in [7, 11) is 3.22. The van der Waals surface area contributed by atoms with E-state index in [-0.39, 0.29) is 0 Å². The Morgan fingerprint density at radius 1 is 0.964 bits per heavy atom. The number of halogens is 1. The molecule has 0 aliphatic carbocycles. The molecule has 2 aromatic heterocycles. The van der Waals surface area contributed by atoms with Crippen molar-refractivity contribution in [2.45, 2.75) is 6.92 Å². The summed E-state index contributed by atoms with van der Waals surface area (Å²) in [5.74, 6) is 1.82. The summed E-state index contributed by atoms with van der Waals surface area (Å²) in [6.07, 6.45) is 1.76. The van der Waals surface area contributed by atoms with E-state index in [0.29, 0.717) is 28.0 Å². The van der Waals surface area contributed by atoms with Crippen molar-refractivity contribution in [1.29, 1.82) is 0 Å². The van der Waals surface area contributed by atoms with Crippen LogP contribution in [-0.4, -0.2) is 28.8 Å². The SMILES string of the molecule is COc1ccc(-c2c(C)nn3c(N)c(-c4ccc(Cl)cc4)cnc23)cc1OC. The van der Waals surface area contributed by atoms with Crippen molar-refractivity contribution < 1.29 is 9.47 Å². The average molecular weight is 395 g/mol. The molecule has 0 atom stereocenters. The van der Waals surface area contributed by atoms with Gasteiger partial charge in [0.05, 0.1) is 19.9 Å². The van der Waals surface area contributed by atoms with Gasteiger partial charge in [0.2, 0.25) is 0 Å². The first kappa shape index (κ1) is 18.1. The minimum Gasteiger partial charge on any atom is -0.493 e. The molecule has 0 saturated heterocycles. The molecule has 0 aliphatic rings. The quantitative estimate of drug-likeness (QED) is 0.546. The Bertz CT molecular complexity index is 1170. The number of anilines is 1. The van der Waals surface area contributed by atoms with Gasteiger partial charge < -0.3 is 15.2 Å². The third kappa shape index (κ3) is 2.92. The van der Waals surface area contributed by atoms with Gasteiger partial charge >= 0.3 is 0 Å². The maximum absolute atomic E-state index is 6.43. The lowest BCUT2D eigenvalue weighted by molar-refractivity contribution is 0.355. The Balaban J connectivity index is 1.89. The Kier molecular flexibility index (Phi) is 4.57. The molecule has 2 heterocycles. The molecule has 0 saturated carbocycles. The second-order valence-electron chi connectivity index (χ2n) is 6.33. The molecule has 0 aliphatic heterocycles. The first-order valence-corrected chi connectivity index (χ1v) is 9.03. The van der Waals surface area contributed by atoms with Crippen molar-refractivity contribution >= 4 is 23.1 Å². The lowest BCUT2D eigenvalue weighted by Gasteiger charge is -2.10. The molecule has 2 N–H and O–H groups in total. The van der Waals surface area contributed by atoms with E-state index in [4.69, 9.17) is 26.8 Å². The zero-order valence-corrected chi connectivity index (χ0v) is 16.5. The van der Waals surface area contributed by atoms with Crippen molar-refractivity contribution in [1.82, 2.24) is 14.6 Å². The van der Waals surface area contributed by atoms with Crippen molar-refractivity contribution in [3.8, 4) is 33.8 Å². The summed E-state index contributed by atoms with van der Waals surface area (Å²) < 4.78 is 12.4. The zero-order valence-electron chi connectivity index (χ0n) is 15.7. The molecular weight excluding hydrogens is 376 g/mol. The normalized spacial score (nSPS) is 11.0. The van der Waals surface area contributed by atoms with E-state index in [0.717, 1.165) is 27.9 Å². The number of rotatable bonds is 4. The van der Waals surface area contributed by atoms with Gasteiger partial charge in [-0.3, -0.25) is 0 Å². The second kappa shape index (κ2) is 7.05. The average Bonchev–Trinajstić information content (AvgIpc) is 3.05. The highest BCUT2D eigenvalue weighted by atomic mass is 35.5. The van der Waals surface area contributed by atoms with Gasteiger partial charge in [-0.2, -0.15) is 9.61 Å². The number of hydrogen-bond acceptors (Lipinski definition) is 5. The van der Waals surface area contributed by atoms with Gasteiger partial charge in [-0.05, 0) is 42.3 Å². The van der Waals surface area contributed by atoms with Crippen LogP contribution in [0, 0.1) is 6.92 Å². The van der Waals surface area contributed by atoms with E-state index < -0.39 is 0 Å². The maximum atomic E-state index is 6.43. The third-order valence-electron chi connectivity index (χ3n) is 4.68. The largest absolute Gasteiger partial charge is 0.493 e. The monoisotopic (exact) mass is 394 g/mol. The van der Waals surface area contributed by atoms with Gasteiger partial charge in [0, 0.05) is 22.3 Å². The second-order valence-corrected chi connectivity index (χ2v) is 6.77. The first-order chi connectivity index (χ1) is 13.5. The molecule has 0 fully saturated rings. The van der Waals surface area contributed by atoms with E-state index in [2.05, 4.69) is 10.1 Å². The van der Waals surface area contributed by atoms with Crippen LogP contribution in [0.25, 0.3) is 27.9 Å². The molecule has 0 bridgehead atoms. The number of nitrogen functional groups attached to an aromatic ring is 1. The number of benzene rings is 2. The summed E-state index contributed by atoms with van der Waals surface area (Å²) in [5, 5.41) is 5.29. The highest BCUT2D eigenvalue weighted by Gasteiger charge is 2.18. The van der Waals surface area contributed by atoms with E-state index >= 15 is 0 Å². The fourth-order valence-electron chi connectivity index (χ4n) is 3.29. The minimum atomic E-state index is 0.516. The first-order valence-electron chi connectivity index (χ1n) is 8.65. The van der Waals surface area contributed by atoms with Gasteiger partial charge in [-0.1, -0.05) is 29.8 Å². The lowest BCUT2D eigenvalue weighted by atomic mass is 10.0. The van der Waals surface area contributed by atoms with Crippen LogP contribution in [0.15, 0.2) is 48.7 Å². The predicted octanol–water partition coefficient (Wildman–Crippen LogP) is 4.62. The minimum absolute atomic E-state index is 0.516.